The molecule has 13 heteroatoms. The van der Waals surface area contributed by atoms with Crippen molar-refractivity contribution in [3.8, 4) is 0 Å². The van der Waals surface area contributed by atoms with Crippen LogP contribution in [0.1, 0.15) is 31.8 Å². The van der Waals surface area contributed by atoms with E-state index in [9.17, 15) is 32.9 Å². The topological polar surface area (TPSA) is 147 Å². The fraction of sp³-hybridized carbons (Fsp3) is 0.0833. The Morgan fingerprint density at radius 3 is 2.19 bits per heavy atom. The number of rotatable bonds is 4. The molecule has 3 amide bonds. The molecule has 0 N–H and O–H groups in total. The highest BCUT2D eigenvalue weighted by atomic mass is 35.5. The van der Waals surface area contributed by atoms with Crippen molar-refractivity contribution in [2.75, 3.05) is 15.5 Å². The number of halogens is 1. The number of fused-ring (bicyclic) bond motifs is 2. The number of sulfonamides is 1. The van der Waals surface area contributed by atoms with Crippen LogP contribution in [-0.4, -0.2) is 43.0 Å². The highest BCUT2D eigenvalue weighted by molar-refractivity contribution is 7.93. The Labute approximate surface area is 214 Å². The molecule has 0 aliphatic carbocycles. The zero-order chi connectivity index (χ0) is 26.8. The predicted molar refractivity (Wildman–Crippen MR) is 135 cm³/mol. The Bertz CT molecular complexity index is 1730. The van der Waals surface area contributed by atoms with Crippen molar-refractivity contribution in [1.29, 1.82) is 0 Å². The summed E-state index contributed by atoms with van der Waals surface area (Å²) in [7, 11) is -4.05. The van der Waals surface area contributed by atoms with Crippen LogP contribution >= 0.6 is 11.6 Å². The number of carbonyl (C=O) groups excluding carboxylic acids is 3. The van der Waals surface area contributed by atoms with Crippen molar-refractivity contribution >= 4 is 67.8 Å². The van der Waals surface area contributed by atoms with Crippen LogP contribution in [0.2, 0.25) is 5.02 Å². The summed E-state index contributed by atoms with van der Waals surface area (Å²) in [4.78, 5) is 54.8. The molecule has 3 aromatic rings. The molecule has 0 bridgehead atoms. The summed E-state index contributed by atoms with van der Waals surface area (Å²) in [5.41, 5.74) is 0.657. The van der Waals surface area contributed by atoms with Gasteiger partial charge in [0.05, 0.1) is 39.4 Å². The van der Waals surface area contributed by atoms with Crippen molar-refractivity contribution in [2.45, 2.75) is 6.92 Å². The van der Waals surface area contributed by atoms with Crippen molar-refractivity contribution in [1.82, 2.24) is 0 Å². The van der Waals surface area contributed by atoms with Crippen LogP contribution in [0.3, 0.4) is 0 Å². The first-order valence-electron chi connectivity index (χ1n) is 10.6. The lowest BCUT2D eigenvalue weighted by Crippen LogP contribution is -2.35. The smallest absolute Gasteiger partial charge is 0.268 e. The van der Waals surface area contributed by atoms with Crippen LogP contribution in [0.5, 0.6) is 0 Å². The zero-order valence-electron chi connectivity index (χ0n) is 19.1. The Kier molecular flexibility index (Phi) is 5.46. The molecule has 0 saturated carbocycles. The predicted octanol–water partition coefficient (Wildman–Crippen LogP) is 3.78. The maximum absolute atomic E-state index is 13.0. The molecule has 37 heavy (non-hydrogen) atoms. The second-order valence-corrected chi connectivity index (χ2v) is 10.6. The third-order valence-corrected chi connectivity index (χ3v) is 7.16. The molecule has 2 heterocycles. The Morgan fingerprint density at radius 1 is 0.865 bits per heavy atom. The largest absolute Gasteiger partial charge is 0.291 e. The maximum atomic E-state index is 13.0. The fourth-order valence-corrected chi connectivity index (χ4v) is 5.36. The second-order valence-electron chi connectivity index (χ2n) is 8.36. The normalized spacial score (nSPS) is 16.0. The van der Waals surface area contributed by atoms with E-state index in [-0.39, 0.29) is 45.2 Å². The Hall–Kier alpha value is -4.42. The maximum Gasteiger partial charge on any atom is 0.291 e. The molecule has 186 valence electrons. The van der Waals surface area contributed by atoms with E-state index in [1.807, 2.05) is 0 Å². The van der Waals surface area contributed by atoms with Crippen LogP contribution < -0.4 is 9.21 Å². The quantitative estimate of drug-likeness (QED) is 0.279. The number of nitro benzene ring substituents is 1. The number of aliphatic imine (C=N–C) groups is 1. The molecule has 3 aromatic carbocycles. The van der Waals surface area contributed by atoms with Gasteiger partial charge in [0.25, 0.3) is 23.4 Å². The SMILES string of the molecule is Cc1cc(N=C2C(=O)N(S(C)(=O)=O)c3ccc([N+](=O)[O-])cc32)ccc1N1C(=O)c2ccc(Cl)cc2C1=O. The van der Waals surface area contributed by atoms with Crippen molar-refractivity contribution in [3.05, 3.63) is 92.0 Å². The molecule has 0 aromatic heterocycles. The first kappa shape index (κ1) is 24.3. The molecular weight excluding hydrogens is 524 g/mol. The number of hydrogen-bond donors (Lipinski definition) is 0. The number of anilines is 2. The molecule has 0 unspecified atom stereocenters. The van der Waals surface area contributed by atoms with Crippen LogP contribution in [0.25, 0.3) is 0 Å². The van der Waals surface area contributed by atoms with Crippen molar-refractivity contribution < 1.29 is 27.7 Å². The van der Waals surface area contributed by atoms with Gasteiger partial charge < -0.3 is 0 Å². The zero-order valence-corrected chi connectivity index (χ0v) is 20.7. The molecule has 2 aliphatic heterocycles. The van der Waals surface area contributed by atoms with Gasteiger partial charge >= 0.3 is 0 Å². The minimum Gasteiger partial charge on any atom is -0.268 e. The van der Waals surface area contributed by atoms with Crippen LogP contribution in [0.15, 0.2) is 59.6 Å². The highest BCUT2D eigenvalue weighted by Gasteiger charge is 2.41. The molecular formula is C24H15ClN4O7S. The van der Waals surface area contributed by atoms with E-state index >= 15 is 0 Å². The van der Waals surface area contributed by atoms with Gasteiger partial charge in [-0.3, -0.25) is 24.5 Å². The van der Waals surface area contributed by atoms with Gasteiger partial charge in [-0.05, 0) is 55.0 Å². The lowest BCUT2D eigenvalue weighted by atomic mass is 10.1. The molecule has 0 atom stereocenters. The number of nitro groups is 1. The number of amides is 3. The monoisotopic (exact) mass is 538 g/mol. The lowest BCUT2D eigenvalue weighted by Gasteiger charge is -2.17. The van der Waals surface area contributed by atoms with E-state index in [2.05, 4.69) is 4.99 Å². The first-order valence-corrected chi connectivity index (χ1v) is 12.8. The van der Waals surface area contributed by atoms with Gasteiger partial charge in [0, 0.05) is 22.7 Å². The fourth-order valence-electron chi connectivity index (χ4n) is 4.28. The average Bonchev–Trinajstić information content (AvgIpc) is 3.23. The molecule has 0 radical (unpaired) electrons. The summed E-state index contributed by atoms with van der Waals surface area (Å²) in [6, 6.07) is 12.2. The van der Waals surface area contributed by atoms with Gasteiger partial charge in [-0.2, -0.15) is 0 Å². The van der Waals surface area contributed by atoms with Gasteiger partial charge in [-0.15, -0.1) is 0 Å². The second kappa shape index (κ2) is 8.32. The summed E-state index contributed by atoms with van der Waals surface area (Å²) < 4.78 is 25.1. The lowest BCUT2D eigenvalue weighted by molar-refractivity contribution is -0.384. The first-order chi connectivity index (χ1) is 17.4. The number of non-ortho nitro benzene ring substituents is 1. The van der Waals surface area contributed by atoms with Gasteiger partial charge in [-0.1, -0.05) is 11.6 Å². The summed E-state index contributed by atoms with van der Waals surface area (Å²) in [6.45, 7) is 1.63. The minimum atomic E-state index is -4.05. The minimum absolute atomic E-state index is 0.0106. The van der Waals surface area contributed by atoms with Crippen molar-refractivity contribution in [2.24, 2.45) is 4.99 Å². The summed E-state index contributed by atoms with van der Waals surface area (Å²) >= 11 is 5.97. The van der Waals surface area contributed by atoms with Gasteiger partial charge in [0.15, 0.2) is 0 Å². The molecule has 2 aliphatic rings. The molecule has 11 nitrogen and oxygen atoms in total. The van der Waals surface area contributed by atoms with Gasteiger partial charge in [0.1, 0.15) is 5.71 Å². The van der Waals surface area contributed by atoms with Crippen LogP contribution in [-0.2, 0) is 14.8 Å². The van der Waals surface area contributed by atoms with E-state index in [1.54, 1.807) is 6.92 Å². The van der Waals surface area contributed by atoms with Crippen LogP contribution in [0, 0.1) is 17.0 Å². The van der Waals surface area contributed by atoms with Gasteiger partial charge in [-0.25, -0.2) is 22.6 Å². The van der Waals surface area contributed by atoms with Gasteiger partial charge in [0.2, 0.25) is 10.0 Å². The number of benzene rings is 3. The third kappa shape index (κ3) is 3.86. The van der Waals surface area contributed by atoms with E-state index in [0.717, 1.165) is 23.3 Å². The highest BCUT2D eigenvalue weighted by Crippen LogP contribution is 2.37. The molecule has 0 saturated heterocycles. The Morgan fingerprint density at radius 2 is 1.54 bits per heavy atom. The summed E-state index contributed by atoms with van der Waals surface area (Å²) in [5.74, 6) is -2.02. The number of imide groups is 1. The summed E-state index contributed by atoms with van der Waals surface area (Å²) in [6.07, 6.45) is 0.841. The van der Waals surface area contributed by atoms with Crippen molar-refractivity contribution in [3.63, 3.8) is 0 Å². The van der Waals surface area contributed by atoms with E-state index < -0.39 is 32.7 Å². The average molecular weight is 539 g/mol. The number of carbonyl (C=O) groups is 3. The summed E-state index contributed by atoms with van der Waals surface area (Å²) in [5, 5.41) is 11.6. The van der Waals surface area contributed by atoms with E-state index in [0.29, 0.717) is 14.9 Å². The number of hydrogen-bond acceptors (Lipinski definition) is 8. The number of nitrogens with zero attached hydrogens (tertiary/aromatic N) is 4. The third-order valence-electron chi connectivity index (χ3n) is 5.89. The number of aryl methyl sites for hydroxylation is 1. The molecule has 0 fully saturated rings. The standard InChI is InChI=1S/C24H15ClN4O7S/c1-12-9-14(4-7-19(12)27-22(30)16-6-3-13(25)10-17(16)23(27)31)26-21-18-11-15(29(33)34)5-8-20(18)28(24(21)32)37(2,35)36/h3-11H,1-2H3. The molecule has 5 rings (SSSR count). The van der Waals surface area contributed by atoms with E-state index in [1.165, 1.54) is 42.5 Å². The Balaban J connectivity index is 1.57. The van der Waals surface area contributed by atoms with E-state index in [4.69, 9.17) is 11.6 Å². The van der Waals surface area contributed by atoms with Crippen LogP contribution in [0.4, 0.5) is 22.7 Å². The molecule has 0 spiro atoms.